The Morgan fingerprint density at radius 1 is 0.591 bits per heavy atom. The van der Waals surface area contributed by atoms with Crippen LogP contribution in [-0.4, -0.2) is 0 Å². The van der Waals surface area contributed by atoms with Gasteiger partial charge in [-0.3, -0.25) is 0 Å². The van der Waals surface area contributed by atoms with Gasteiger partial charge in [0.05, 0.1) is 17.8 Å². The lowest BCUT2D eigenvalue weighted by Crippen LogP contribution is -2.14. The highest BCUT2D eigenvalue weighted by Gasteiger charge is 2.22. The molecule has 0 saturated heterocycles. The minimum atomic E-state index is -1.00. The van der Waals surface area contributed by atoms with E-state index in [1.807, 2.05) is 0 Å². The Morgan fingerprint density at radius 3 is 1.36 bits per heavy atom. The second kappa shape index (κ2) is 5.81. The Kier molecular flexibility index (Phi) is 1.50. The molecule has 0 aliphatic heterocycles. The summed E-state index contributed by atoms with van der Waals surface area (Å²) in [6, 6.07) is -8.10. The molecule has 0 aliphatic rings. The van der Waals surface area contributed by atoms with Crippen molar-refractivity contribution in [2.24, 2.45) is 0 Å². The fourth-order valence-corrected chi connectivity index (χ4v) is 2.28. The summed E-state index contributed by atoms with van der Waals surface area (Å²) in [5, 5.41) is 0. The maximum absolute atomic E-state index is 8.63. The van der Waals surface area contributed by atoms with Gasteiger partial charge in [-0.25, -0.2) is 0 Å². The van der Waals surface area contributed by atoms with Gasteiger partial charge >= 0.3 is 0 Å². The fraction of sp³-hybridized carbons (Fsp3) is 0.182. The summed E-state index contributed by atoms with van der Waals surface area (Å²) in [6.45, 7) is 5.01. The summed E-state index contributed by atoms with van der Waals surface area (Å²) >= 11 is 0. The number of rotatable bonds is 2. The molecule has 0 amide bonds. The van der Waals surface area contributed by atoms with Crippen LogP contribution < -0.4 is 0 Å². The highest BCUT2D eigenvalue weighted by Crippen LogP contribution is 2.39. The van der Waals surface area contributed by atoms with Crippen molar-refractivity contribution in [2.75, 3.05) is 0 Å². The van der Waals surface area contributed by atoms with Gasteiger partial charge in [-0.15, -0.1) is 0 Å². The lowest BCUT2D eigenvalue weighted by Gasteiger charge is -2.27. The maximum atomic E-state index is 8.63. The Bertz CT molecular complexity index is 1250. The van der Waals surface area contributed by atoms with Crippen LogP contribution in [0.15, 0.2) is 78.6 Å². The molecule has 0 heteroatoms. The Labute approximate surface area is 151 Å². The fourth-order valence-electron chi connectivity index (χ4n) is 2.28. The summed E-state index contributed by atoms with van der Waals surface area (Å²) in [6.07, 6.45) is 0. The molecule has 0 bridgehead atoms. The predicted molar refractivity (Wildman–Crippen MR) is 96.0 cm³/mol. The summed E-state index contributed by atoms with van der Waals surface area (Å²) < 4.78 is 107. The van der Waals surface area contributed by atoms with Crippen molar-refractivity contribution in [1.29, 1.82) is 0 Å². The van der Waals surface area contributed by atoms with E-state index >= 15 is 0 Å². The second-order valence-corrected chi connectivity index (χ2v) is 5.75. The molecule has 0 radical (unpaired) electrons. The van der Waals surface area contributed by atoms with Crippen molar-refractivity contribution in [3.05, 3.63) is 84.1 Å². The smallest absolute Gasteiger partial charge is 0.0622 e. The molecule has 22 heavy (non-hydrogen) atoms. The van der Waals surface area contributed by atoms with Gasteiger partial charge in [0.1, 0.15) is 0 Å². The van der Waals surface area contributed by atoms with Crippen LogP contribution in [0.2, 0.25) is 0 Å². The summed E-state index contributed by atoms with van der Waals surface area (Å²) in [5.41, 5.74) is -2.06. The van der Waals surface area contributed by atoms with Gasteiger partial charge in [0.2, 0.25) is 0 Å². The van der Waals surface area contributed by atoms with Crippen molar-refractivity contribution >= 4 is 0 Å². The van der Waals surface area contributed by atoms with Crippen molar-refractivity contribution in [3.8, 4) is 22.3 Å². The van der Waals surface area contributed by atoms with E-state index in [1.54, 1.807) is 20.8 Å². The van der Waals surface area contributed by atoms with Crippen LogP contribution in [0, 0.1) is 0 Å². The predicted octanol–water partition coefficient (Wildman–Crippen LogP) is 6.32. The first-order valence-electron chi connectivity index (χ1n) is 13.2. The van der Waals surface area contributed by atoms with Crippen molar-refractivity contribution in [2.45, 2.75) is 26.2 Å². The van der Waals surface area contributed by atoms with E-state index in [4.69, 9.17) is 17.8 Å². The molecule has 0 aromatic heterocycles. The third kappa shape index (κ3) is 2.82. The zero-order valence-corrected chi connectivity index (χ0v) is 12.5. The van der Waals surface area contributed by atoms with E-state index in [-0.39, 0.29) is 27.8 Å². The molecule has 0 N–H and O–H groups in total. The first-order valence-corrected chi connectivity index (χ1v) is 6.75. The van der Waals surface area contributed by atoms with E-state index in [0.29, 0.717) is 0 Å². The lowest BCUT2D eigenvalue weighted by atomic mass is 9.77. The molecule has 3 aromatic carbocycles. The minimum Gasteiger partial charge on any atom is -0.0622 e. The lowest BCUT2D eigenvalue weighted by molar-refractivity contribution is 0.593. The standard InChI is InChI=1S/C22H22/c1-22(2,3)21-19(17-11-6-4-7-12-17)15-10-16-20(21)18-13-8-5-9-14-18/h4-16H,1-3H3/i4D,5D,6D,7D,8D,9D,10D,11D,12D,13D,14D,15D,16D. The summed E-state index contributed by atoms with van der Waals surface area (Å²) in [7, 11) is 0. The van der Waals surface area contributed by atoms with Crippen LogP contribution >= 0.6 is 0 Å². The van der Waals surface area contributed by atoms with E-state index in [1.165, 1.54) is 0 Å². The Morgan fingerprint density at radius 2 is 1.00 bits per heavy atom. The van der Waals surface area contributed by atoms with Crippen molar-refractivity contribution < 1.29 is 17.8 Å². The quantitative estimate of drug-likeness (QED) is 0.519. The zero-order valence-electron chi connectivity index (χ0n) is 25.5. The molecule has 110 valence electrons. The molecule has 0 saturated carbocycles. The van der Waals surface area contributed by atoms with Crippen LogP contribution in [0.4, 0.5) is 0 Å². The highest BCUT2D eigenvalue weighted by molar-refractivity contribution is 5.80. The normalized spacial score (nSPS) is 19.7. The van der Waals surface area contributed by atoms with Crippen LogP contribution in [0.25, 0.3) is 22.3 Å². The third-order valence-electron chi connectivity index (χ3n) is 3.12. The third-order valence-corrected chi connectivity index (χ3v) is 3.12. The number of hydrogen-bond donors (Lipinski definition) is 0. The van der Waals surface area contributed by atoms with Crippen LogP contribution in [0.5, 0.6) is 0 Å². The van der Waals surface area contributed by atoms with Crippen LogP contribution in [0.1, 0.15) is 44.2 Å². The van der Waals surface area contributed by atoms with E-state index < -0.39 is 84.0 Å². The second-order valence-electron chi connectivity index (χ2n) is 5.75. The molecular weight excluding hydrogens is 264 g/mol. The van der Waals surface area contributed by atoms with E-state index in [0.717, 1.165) is 0 Å². The van der Waals surface area contributed by atoms with Gasteiger partial charge in [-0.05, 0) is 33.2 Å². The molecule has 0 atom stereocenters. The van der Waals surface area contributed by atoms with E-state index in [9.17, 15) is 0 Å². The largest absolute Gasteiger partial charge is 0.0629 e. The van der Waals surface area contributed by atoms with Crippen LogP contribution in [-0.2, 0) is 5.41 Å². The van der Waals surface area contributed by atoms with E-state index in [2.05, 4.69) is 0 Å². The first-order chi connectivity index (χ1) is 16.0. The average molecular weight is 299 g/mol. The number of hydrogen-bond acceptors (Lipinski definition) is 0. The summed E-state index contributed by atoms with van der Waals surface area (Å²) in [4.78, 5) is 0. The SMILES string of the molecule is [2H]c1c([2H])c([2H])c(-c2c([2H])c([2H])c([2H])c(-c3c([2H])c([2H])c([2H])c([2H])c3[2H])c2C(C)(C)C)c([2H])c1[2H]. The Hall–Kier alpha value is -2.34. The topological polar surface area (TPSA) is 0 Å². The zero-order chi connectivity index (χ0) is 26.9. The Balaban J connectivity index is 2.75. The van der Waals surface area contributed by atoms with Crippen LogP contribution in [0.3, 0.4) is 0 Å². The molecule has 3 aromatic rings. The molecule has 0 heterocycles. The van der Waals surface area contributed by atoms with Crippen molar-refractivity contribution in [3.63, 3.8) is 0 Å². The summed E-state index contributed by atoms with van der Waals surface area (Å²) in [5.74, 6) is 0. The molecule has 0 fully saturated rings. The average Bonchev–Trinajstić information content (AvgIpc) is 2.79. The highest BCUT2D eigenvalue weighted by atomic mass is 14.3. The molecule has 0 spiro atoms. The first kappa shape index (κ1) is 5.70. The molecular formula is C22H22. The molecule has 0 aliphatic carbocycles. The number of benzene rings is 3. The monoisotopic (exact) mass is 299 g/mol. The van der Waals surface area contributed by atoms with Gasteiger partial charge < -0.3 is 0 Å². The van der Waals surface area contributed by atoms with Gasteiger partial charge in [-0.2, -0.15) is 0 Å². The van der Waals surface area contributed by atoms with Gasteiger partial charge in [-0.1, -0.05) is 99.3 Å². The van der Waals surface area contributed by atoms with Gasteiger partial charge in [0.25, 0.3) is 0 Å². The molecule has 3 rings (SSSR count). The molecule has 0 nitrogen and oxygen atoms in total. The van der Waals surface area contributed by atoms with Gasteiger partial charge in [0.15, 0.2) is 0 Å². The minimum absolute atomic E-state index is 0.0700. The molecule has 0 unspecified atom stereocenters. The van der Waals surface area contributed by atoms with Crippen molar-refractivity contribution in [1.82, 2.24) is 0 Å². The van der Waals surface area contributed by atoms with Gasteiger partial charge in [0, 0.05) is 0 Å². The maximum Gasteiger partial charge on any atom is 0.0629 e.